The quantitative estimate of drug-likeness (QED) is 0.759. The van der Waals surface area contributed by atoms with Gasteiger partial charge in [-0.05, 0) is 24.0 Å². The average molecular weight is 209 g/mol. The van der Waals surface area contributed by atoms with Crippen LogP contribution in [0.4, 0.5) is 0 Å². The summed E-state index contributed by atoms with van der Waals surface area (Å²) in [5.74, 6) is 0. The van der Waals surface area contributed by atoms with Crippen LogP contribution in [0.5, 0.6) is 0 Å². The number of nitrogens with one attached hydrogen (secondary N) is 1. The van der Waals surface area contributed by atoms with E-state index in [1.165, 1.54) is 17.3 Å². The van der Waals surface area contributed by atoms with Crippen molar-refractivity contribution in [1.82, 2.24) is 5.32 Å². The van der Waals surface area contributed by atoms with Crippen LogP contribution in [0.2, 0.25) is 0 Å². The Morgan fingerprint density at radius 3 is 2.81 bits per heavy atom. The molecule has 16 heavy (non-hydrogen) atoms. The lowest BCUT2D eigenvalue weighted by atomic mass is 10.1. The maximum absolute atomic E-state index is 8.61. The minimum atomic E-state index is 0.115. The largest absolute Gasteiger partial charge is 0.382 e. The third kappa shape index (κ3) is 1.89. The Balaban J connectivity index is 2.13. The number of hydrogen-bond acceptors (Lipinski definition) is 3. The number of hydrogen-bond donors (Lipinski definition) is 1. The van der Waals surface area contributed by atoms with Crippen LogP contribution in [-0.2, 0) is 6.42 Å². The molecule has 2 rings (SSSR count). The molecule has 1 aromatic rings. The Labute approximate surface area is 94.6 Å². The summed E-state index contributed by atoms with van der Waals surface area (Å²) in [5.41, 5.74) is 2.74. The highest BCUT2D eigenvalue weighted by Gasteiger charge is 2.20. The molecule has 0 bridgehead atoms. The van der Waals surface area contributed by atoms with Gasteiger partial charge in [0.25, 0.3) is 0 Å². The van der Waals surface area contributed by atoms with E-state index in [4.69, 9.17) is 10.5 Å². The van der Waals surface area contributed by atoms with Crippen LogP contribution in [0.15, 0.2) is 36.0 Å². The minimum absolute atomic E-state index is 0.115. The normalized spacial score (nSPS) is 16.8. The molecule has 1 aliphatic carbocycles. The van der Waals surface area contributed by atoms with Gasteiger partial charge in [0.2, 0.25) is 0 Å². The number of benzene rings is 1. The maximum atomic E-state index is 8.61. The van der Waals surface area contributed by atoms with Gasteiger partial charge in [-0.15, -0.1) is 0 Å². The number of nitriles is 2. The summed E-state index contributed by atoms with van der Waals surface area (Å²) in [7, 11) is 0. The van der Waals surface area contributed by atoms with Crippen molar-refractivity contribution in [3.05, 3.63) is 47.2 Å². The predicted molar refractivity (Wildman–Crippen MR) is 59.9 cm³/mol. The molecule has 0 heterocycles. The number of fused-ring (bicyclic) bond motifs is 1. The Morgan fingerprint density at radius 2 is 2.06 bits per heavy atom. The molecule has 1 N–H and O–H groups in total. The first kappa shape index (κ1) is 10.3. The Bertz CT molecular complexity index is 487. The predicted octanol–water partition coefficient (Wildman–Crippen LogP) is 2.19. The molecule has 0 aliphatic heterocycles. The van der Waals surface area contributed by atoms with Crippen LogP contribution in [0.1, 0.15) is 23.6 Å². The zero-order valence-corrected chi connectivity index (χ0v) is 8.77. The van der Waals surface area contributed by atoms with E-state index in [0.29, 0.717) is 0 Å². The molecule has 1 unspecified atom stereocenters. The molecule has 0 fully saturated rings. The summed E-state index contributed by atoms with van der Waals surface area (Å²) in [4.78, 5) is 0. The van der Waals surface area contributed by atoms with Gasteiger partial charge in [0.1, 0.15) is 17.7 Å². The first-order valence-corrected chi connectivity index (χ1v) is 5.19. The van der Waals surface area contributed by atoms with Crippen LogP contribution in [-0.4, -0.2) is 0 Å². The van der Waals surface area contributed by atoms with E-state index in [2.05, 4.69) is 17.4 Å². The molecule has 1 aromatic carbocycles. The summed E-state index contributed by atoms with van der Waals surface area (Å²) in [6.45, 7) is 0. The fourth-order valence-corrected chi connectivity index (χ4v) is 2.00. The standard InChI is InChI=1S/C13H11N3/c14-7-10(8-15)9-16-13-6-5-11-3-1-2-4-12(11)13/h1-4,9,13,16H,5-6H2. The number of allylic oxidation sites excluding steroid dienone is 1. The first-order valence-electron chi connectivity index (χ1n) is 5.19. The van der Waals surface area contributed by atoms with Crippen molar-refractivity contribution in [1.29, 1.82) is 10.5 Å². The van der Waals surface area contributed by atoms with Crippen LogP contribution in [0, 0.1) is 22.7 Å². The highest BCUT2D eigenvalue weighted by atomic mass is 14.9. The average Bonchev–Trinajstić information content (AvgIpc) is 2.74. The highest BCUT2D eigenvalue weighted by Crippen LogP contribution is 2.30. The molecule has 1 aliphatic rings. The molecule has 0 amide bonds. The van der Waals surface area contributed by atoms with Gasteiger partial charge in [0.05, 0.1) is 6.04 Å². The number of nitrogens with zero attached hydrogens (tertiary/aromatic N) is 2. The second kappa shape index (κ2) is 4.51. The van der Waals surface area contributed by atoms with Gasteiger partial charge in [0, 0.05) is 6.20 Å². The van der Waals surface area contributed by atoms with E-state index in [9.17, 15) is 0 Å². The van der Waals surface area contributed by atoms with Crippen molar-refractivity contribution in [3.63, 3.8) is 0 Å². The van der Waals surface area contributed by atoms with Crippen molar-refractivity contribution in [2.45, 2.75) is 18.9 Å². The SMILES string of the molecule is N#CC(C#N)=CNC1CCc2ccccc21. The Morgan fingerprint density at radius 1 is 1.31 bits per heavy atom. The van der Waals surface area contributed by atoms with Gasteiger partial charge in [-0.25, -0.2) is 0 Å². The van der Waals surface area contributed by atoms with E-state index in [-0.39, 0.29) is 11.6 Å². The first-order chi connectivity index (χ1) is 7.85. The van der Waals surface area contributed by atoms with Gasteiger partial charge in [0.15, 0.2) is 0 Å². The molecule has 0 saturated heterocycles. The van der Waals surface area contributed by atoms with Crippen molar-refractivity contribution >= 4 is 0 Å². The summed E-state index contributed by atoms with van der Waals surface area (Å²) < 4.78 is 0. The molecular formula is C13H11N3. The lowest BCUT2D eigenvalue weighted by molar-refractivity contribution is 0.616. The Kier molecular flexibility index (Phi) is 2.89. The second-order valence-corrected chi connectivity index (χ2v) is 3.74. The smallest absolute Gasteiger partial charge is 0.145 e. The zero-order chi connectivity index (χ0) is 11.4. The fourth-order valence-electron chi connectivity index (χ4n) is 2.00. The molecule has 78 valence electrons. The summed E-state index contributed by atoms with van der Waals surface area (Å²) in [6, 6.07) is 12.2. The summed E-state index contributed by atoms with van der Waals surface area (Å²) in [5, 5.41) is 20.4. The lowest BCUT2D eigenvalue weighted by Crippen LogP contribution is -2.12. The molecule has 3 nitrogen and oxygen atoms in total. The van der Waals surface area contributed by atoms with Crippen molar-refractivity contribution in [2.24, 2.45) is 0 Å². The molecule has 0 saturated carbocycles. The third-order valence-electron chi connectivity index (χ3n) is 2.80. The van der Waals surface area contributed by atoms with E-state index >= 15 is 0 Å². The van der Waals surface area contributed by atoms with E-state index < -0.39 is 0 Å². The van der Waals surface area contributed by atoms with E-state index in [1.54, 1.807) is 0 Å². The van der Waals surface area contributed by atoms with Crippen LogP contribution in [0.25, 0.3) is 0 Å². The molecule has 0 aromatic heterocycles. The number of rotatable bonds is 2. The van der Waals surface area contributed by atoms with Crippen molar-refractivity contribution in [2.75, 3.05) is 0 Å². The van der Waals surface area contributed by atoms with Crippen molar-refractivity contribution in [3.8, 4) is 12.1 Å². The molecule has 3 heteroatoms. The van der Waals surface area contributed by atoms with Crippen LogP contribution >= 0.6 is 0 Å². The topological polar surface area (TPSA) is 59.6 Å². The lowest BCUT2D eigenvalue weighted by Gasteiger charge is -2.11. The molecule has 0 radical (unpaired) electrons. The van der Waals surface area contributed by atoms with E-state index in [1.807, 2.05) is 24.3 Å². The summed E-state index contributed by atoms with van der Waals surface area (Å²) in [6.07, 6.45) is 3.57. The highest BCUT2D eigenvalue weighted by molar-refractivity contribution is 5.37. The van der Waals surface area contributed by atoms with Gasteiger partial charge < -0.3 is 5.32 Å². The van der Waals surface area contributed by atoms with Gasteiger partial charge in [-0.2, -0.15) is 10.5 Å². The molecular weight excluding hydrogens is 198 g/mol. The Hall–Kier alpha value is -2.26. The molecule has 0 spiro atoms. The third-order valence-corrected chi connectivity index (χ3v) is 2.80. The van der Waals surface area contributed by atoms with E-state index in [0.717, 1.165) is 12.8 Å². The minimum Gasteiger partial charge on any atom is -0.382 e. The fraction of sp³-hybridized carbons (Fsp3) is 0.231. The van der Waals surface area contributed by atoms with Crippen molar-refractivity contribution < 1.29 is 0 Å². The van der Waals surface area contributed by atoms with Gasteiger partial charge in [-0.3, -0.25) is 0 Å². The molecule has 1 atom stereocenters. The maximum Gasteiger partial charge on any atom is 0.145 e. The zero-order valence-electron chi connectivity index (χ0n) is 8.77. The van der Waals surface area contributed by atoms with Crippen LogP contribution in [0.3, 0.4) is 0 Å². The monoisotopic (exact) mass is 209 g/mol. The second-order valence-electron chi connectivity index (χ2n) is 3.74. The number of aryl methyl sites for hydroxylation is 1. The van der Waals surface area contributed by atoms with Gasteiger partial charge in [-0.1, -0.05) is 24.3 Å². The summed E-state index contributed by atoms with van der Waals surface area (Å²) >= 11 is 0. The van der Waals surface area contributed by atoms with Crippen LogP contribution < -0.4 is 5.32 Å². The van der Waals surface area contributed by atoms with Gasteiger partial charge >= 0.3 is 0 Å².